The zero-order valence-corrected chi connectivity index (χ0v) is 26.1. The molecule has 1 aliphatic rings. The number of nitrogens with zero attached hydrogens (tertiary/aromatic N) is 4. The third kappa shape index (κ3) is 8.43. The van der Waals surface area contributed by atoms with Crippen LogP contribution < -0.4 is 15.5 Å². The Morgan fingerprint density at radius 3 is 2.32 bits per heavy atom. The first kappa shape index (κ1) is 33.4. The molecule has 47 heavy (non-hydrogen) atoms. The van der Waals surface area contributed by atoms with E-state index in [1.807, 2.05) is 4.90 Å². The fourth-order valence-electron chi connectivity index (χ4n) is 5.36. The molecule has 3 heterocycles. The van der Waals surface area contributed by atoms with Gasteiger partial charge in [0.1, 0.15) is 18.0 Å². The van der Waals surface area contributed by atoms with Gasteiger partial charge in [0.05, 0.1) is 23.2 Å². The average Bonchev–Trinajstić information content (AvgIpc) is 3.35. The molecule has 2 aromatic heterocycles. The van der Waals surface area contributed by atoms with Crippen LogP contribution in [0.25, 0.3) is 10.9 Å². The number of piperidine rings is 1. The lowest BCUT2D eigenvalue weighted by Gasteiger charge is -2.29. The molecule has 2 N–H and O–H groups in total. The van der Waals surface area contributed by atoms with Crippen molar-refractivity contribution in [2.24, 2.45) is 0 Å². The van der Waals surface area contributed by atoms with Crippen molar-refractivity contribution in [2.45, 2.75) is 64.8 Å². The van der Waals surface area contributed by atoms with Crippen molar-refractivity contribution in [2.75, 3.05) is 28.6 Å². The number of para-hydroxylation sites is 1. The maximum Gasteiger partial charge on any atom is 0.408 e. The monoisotopic (exact) mass is 654 g/mol. The van der Waals surface area contributed by atoms with Crippen molar-refractivity contribution in [1.29, 1.82) is 0 Å². The number of pyridine rings is 1. The standard InChI is InChI=1S/C33H34F4N6O4/c1-32(2,3)47-27(44)17-20-15-22(34)11-12-24(20)39-30(45)21-16-25(29(38-18-21)42-13-7-4-8-14-42)40-31(46)28-23-9-5-6-10-26(23)43(41-28)19-33(35,36)37/h5-6,9-12,15-16,18H,4,7-8,13-14,17,19H2,1-3H3,(H,39,45)(H,40,46). The van der Waals surface area contributed by atoms with Crippen LogP contribution in [0, 0.1) is 5.82 Å². The summed E-state index contributed by atoms with van der Waals surface area (Å²) in [5.74, 6) is -2.26. The highest BCUT2D eigenvalue weighted by atomic mass is 19.4. The fraction of sp³-hybridized carbons (Fsp3) is 0.364. The molecule has 2 aromatic carbocycles. The molecule has 1 aliphatic heterocycles. The van der Waals surface area contributed by atoms with Crippen LogP contribution >= 0.6 is 0 Å². The Bertz CT molecular complexity index is 1810. The van der Waals surface area contributed by atoms with Gasteiger partial charge in [-0.1, -0.05) is 18.2 Å². The molecule has 14 heteroatoms. The van der Waals surface area contributed by atoms with Crippen LogP contribution in [-0.4, -0.2) is 57.4 Å². The van der Waals surface area contributed by atoms with E-state index in [2.05, 4.69) is 20.7 Å². The molecule has 0 bridgehead atoms. The van der Waals surface area contributed by atoms with Gasteiger partial charge in [-0.15, -0.1) is 0 Å². The first-order valence-electron chi connectivity index (χ1n) is 15.1. The normalized spacial score (nSPS) is 13.8. The van der Waals surface area contributed by atoms with Crippen molar-refractivity contribution in [3.63, 3.8) is 0 Å². The summed E-state index contributed by atoms with van der Waals surface area (Å²) in [5, 5.41) is 9.63. The smallest absolute Gasteiger partial charge is 0.408 e. The summed E-state index contributed by atoms with van der Waals surface area (Å²) < 4.78 is 60.0. The minimum Gasteiger partial charge on any atom is -0.460 e. The molecule has 248 valence electrons. The van der Waals surface area contributed by atoms with Crippen LogP contribution in [0.5, 0.6) is 0 Å². The number of hydrogen-bond donors (Lipinski definition) is 2. The lowest BCUT2D eigenvalue weighted by atomic mass is 10.1. The Balaban J connectivity index is 1.45. The van der Waals surface area contributed by atoms with Crippen molar-refractivity contribution in [3.05, 3.63) is 77.4 Å². The number of anilines is 3. The van der Waals surface area contributed by atoms with Gasteiger partial charge in [-0.25, -0.2) is 9.37 Å². The number of aromatic nitrogens is 3. The van der Waals surface area contributed by atoms with Crippen LogP contribution in [0.1, 0.15) is 66.4 Å². The Hall–Kier alpha value is -5.01. The predicted molar refractivity (Wildman–Crippen MR) is 168 cm³/mol. The van der Waals surface area contributed by atoms with Crippen LogP contribution in [0.2, 0.25) is 0 Å². The highest BCUT2D eigenvalue weighted by molar-refractivity contribution is 6.13. The highest BCUT2D eigenvalue weighted by Crippen LogP contribution is 2.30. The van der Waals surface area contributed by atoms with Gasteiger partial charge in [0, 0.05) is 30.4 Å². The molecule has 10 nitrogen and oxygen atoms in total. The summed E-state index contributed by atoms with van der Waals surface area (Å²) in [6, 6.07) is 11.1. The highest BCUT2D eigenvalue weighted by Gasteiger charge is 2.31. The number of nitrogens with one attached hydrogen (secondary N) is 2. The first-order valence-corrected chi connectivity index (χ1v) is 15.1. The van der Waals surface area contributed by atoms with Gasteiger partial charge in [-0.3, -0.25) is 19.1 Å². The molecule has 0 aliphatic carbocycles. The predicted octanol–water partition coefficient (Wildman–Crippen LogP) is 6.51. The van der Waals surface area contributed by atoms with E-state index in [-0.39, 0.29) is 45.5 Å². The Morgan fingerprint density at radius 2 is 1.62 bits per heavy atom. The van der Waals surface area contributed by atoms with Gasteiger partial charge in [-0.2, -0.15) is 18.3 Å². The topological polar surface area (TPSA) is 118 Å². The minimum absolute atomic E-state index is 0.0288. The van der Waals surface area contributed by atoms with E-state index in [4.69, 9.17) is 4.74 Å². The van der Waals surface area contributed by atoms with Gasteiger partial charge in [-0.05, 0) is 75.9 Å². The SMILES string of the molecule is CC(C)(C)OC(=O)Cc1cc(F)ccc1NC(=O)c1cnc(N2CCCCC2)c(NC(=O)c2nn(CC(F)(F)F)c3ccccc23)c1. The molecule has 5 rings (SSSR count). The van der Waals surface area contributed by atoms with E-state index in [1.165, 1.54) is 30.5 Å². The van der Waals surface area contributed by atoms with Crippen LogP contribution in [0.4, 0.5) is 34.8 Å². The van der Waals surface area contributed by atoms with Crippen LogP contribution in [0.3, 0.4) is 0 Å². The summed E-state index contributed by atoms with van der Waals surface area (Å²) >= 11 is 0. The van der Waals surface area contributed by atoms with Crippen molar-refractivity contribution in [1.82, 2.24) is 14.8 Å². The van der Waals surface area contributed by atoms with Gasteiger partial charge >= 0.3 is 12.1 Å². The molecular weight excluding hydrogens is 620 g/mol. The van der Waals surface area contributed by atoms with E-state index in [0.717, 1.165) is 36.1 Å². The molecule has 0 saturated carbocycles. The molecule has 0 radical (unpaired) electrons. The Labute approximate surface area is 268 Å². The van der Waals surface area contributed by atoms with E-state index < -0.39 is 41.9 Å². The molecule has 0 atom stereocenters. The number of rotatable bonds is 8. The lowest BCUT2D eigenvalue weighted by Crippen LogP contribution is -2.31. The first-order chi connectivity index (χ1) is 22.2. The number of carbonyl (C=O) groups is 3. The zero-order chi connectivity index (χ0) is 33.9. The molecule has 4 aromatic rings. The molecule has 0 spiro atoms. The summed E-state index contributed by atoms with van der Waals surface area (Å²) in [5.41, 5.74) is -0.288. The molecule has 1 fully saturated rings. The summed E-state index contributed by atoms with van der Waals surface area (Å²) in [7, 11) is 0. The number of fused-ring (bicyclic) bond motifs is 1. The Morgan fingerprint density at radius 1 is 0.915 bits per heavy atom. The number of alkyl halides is 3. The number of benzene rings is 2. The van der Waals surface area contributed by atoms with Crippen LogP contribution in [0.15, 0.2) is 54.7 Å². The quantitative estimate of drug-likeness (QED) is 0.164. The van der Waals surface area contributed by atoms with E-state index >= 15 is 0 Å². The molecule has 0 unspecified atom stereocenters. The van der Waals surface area contributed by atoms with Crippen molar-refractivity contribution < 1.29 is 36.7 Å². The van der Waals surface area contributed by atoms with E-state index in [1.54, 1.807) is 32.9 Å². The van der Waals surface area contributed by atoms with Crippen molar-refractivity contribution in [3.8, 4) is 0 Å². The zero-order valence-electron chi connectivity index (χ0n) is 26.1. The second-order valence-corrected chi connectivity index (χ2v) is 12.3. The van der Waals surface area contributed by atoms with Gasteiger partial charge in [0.2, 0.25) is 0 Å². The third-order valence-electron chi connectivity index (χ3n) is 7.31. The van der Waals surface area contributed by atoms with Gasteiger partial charge in [0.15, 0.2) is 11.5 Å². The Kier molecular flexibility index (Phi) is 9.50. The number of halogens is 4. The molecule has 2 amide bonds. The number of hydrogen-bond acceptors (Lipinski definition) is 7. The number of carbonyl (C=O) groups excluding carboxylic acids is 3. The summed E-state index contributed by atoms with van der Waals surface area (Å²) in [4.78, 5) is 46.0. The maximum absolute atomic E-state index is 14.1. The van der Waals surface area contributed by atoms with E-state index in [0.29, 0.717) is 18.9 Å². The molecule has 1 saturated heterocycles. The van der Waals surface area contributed by atoms with Crippen LogP contribution in [-0.2, 0) is 22.5 Å². The summed E-state index contributed by atoms with van der Waals surface area (Å²) in [6.07, 6.45) is -0.743. The third-order valence-corrected chi connectivity index (χ3v) is 7.31. The minimum atomic E-state index is -4.56. The van der Waals surface area contributed by atoms with Crippen molar-refractivity contribution >= 4 is 45.9 Å². The number of esters is 1. The largest absolute Gasteiger partial charge is 0.460 e. The lowest BCUT2D eigenvalue weighted by molar-refractivity contribution is -0.154. The summed E-state index contributed by atoms with van der Waals surface area (Å²) in [6.45, 7) is 5.02. The maximum atomic E-state index is 14.1. The van der Waals surface area contributed by atoms with Gasteiger partial charge < -0.3 is 20.3 Å². The second kappa shape index (κ2) is 13.4. The number of amides is 2. The average molecular weight is 655 g/mol. The molecular formula is C33H34F4N6O4. The van der Waals surface area contributed by atoms with E-state index in [9.17, 15) is 31.9 Å². The number of ether oxygens (including phenoxy) is 1. The fourth-order valence-corrected chi connectivity index (χ4v) is 5.36. The second-order valence-electron chi connectivity index (χ2n) is 12.3. The van der Waals surface area contributed by atoms with Gasteiger partial charge in [0.25, 0.3) is 11.8 Å².